The fourth-order valence-corrected chi connectivity index (χ4v) is 2.65. The first kappa shape index (κ1) is 13.2. The summed E-state index contributed by atoms with van der Waals surface area (Å²) in [7, 11) is 0. The molecule has 0 spiro atoms. The Bertz CT molecular complexity index is 501. The van der Waals surface area contributed by atoms with Crippen LogP contribution in [0, 0.1) is 13.8 Å². The Balaban J connectivity index is 2.50. The zero-order valence-corrected chi connectivity index (χ0v) is 12.5. The van der Waals surface area contributed by atoms with Crippen molar-refractivity contribution in [2.24, 2.45) is 4.99 Å². The number of aliphatic imine (C=N–C) groups is 1. The Hall–Kier alpha value is -1.25. The van der Waals surface area contributed by atoms with E-state index in [4.69, 9.17) is 9.15 Å². The normalized spacial score (nSPS) is 18.7. The van der Waals surface area contributed by atoms with E-state index in [-0.39, 0.29) is 11.0 Å². The third-order valence-electron chi connectivity index (χ3n) is 3.23. The summed E-state index contributed by atoms with van der Waals surface area (Å²) in [5, 5.41) is 0. The highest BCUT2D eigenvalue weighted by Crippen LogP contribution is 2.34. The number of rotatable bonds is 1. The first-order chi connectivity index (χ1) is 8.12. The molecule has 2 rings (SSSR count). The second-order valence-electron chi connectivity index (χ2n) is 6.76. The van der Waals surface area contributed by atoms with Gasteiger partial charge in [0.15, 0.2) is 5.76 Å². The molecule has 100 valence electrons. The quantitative estimate of drug-likeness (QED) is 0.759. The van der Waals surface area contributed by atoms with Crippen molar-refractivity contribution >= 4 is 5.90 Å². The Labute approximate surface area is 109 Å². The third-order valence-corrected chi connectivity index (χ3v) is 3.23. The van der Waals surface area contributed by atoms with Gasteiger partial charge >= 0.3 is 0 Å². The lowest BCUT2D eigenvalue weighted by Gasteiger charge is -2.18. The fourth-order valence-electron chi connectivity index (χ4n) is 2.65. The van der Waals surface area contributed by atoms with Gasteiger partial charge < -0.3 is 9.15 Å². The lowest BCUT2D eigenvalue weighted by atomic mass is 9.84. The highest BCUT2D eigenvalue weighted by molar-refractivity contribution is 5.94. The van der Waals surface area contributed by atoms with Crippen molar-refractivity contribution in [3.05, 3.63) is 22.6 Å². The van der Waals surface area contributed by atoms with E-state index in [0.717, 1.165) is 17.1 Å². The van der Waals surface area contributed by atoms with Gasteiger partial charge in [-0.05, 0) is 33.1 Å². The molecule has 1 aliphatic rings. The minimum absolute atomic E-state index is 0.0740. The van der Waals surface area contributed by atoms with Gasteiger partial charge in [0.2, 0.25) is 0 Å². The van der Waals surface area contributed by atoms with E-state index in [9.17, 15) is 0 Å². The first-order valence-electron chi connectivity index (χ1n) is 6.45. The van der Waals surface area contributed by atoms with Crippen molar-refractivity contribution in [1.29, 1.82) is 0 Å². The van der Waals surface area contributed by atoms with Crippen LogP contribution in [0.2, 0.25) is 0 Å². The second kappa shape index (κ2) is 3.87. The van der Waals surface area contributed by atoms with Crippen molar-refractivity contribution < 1.29 is 9.15 Å². The zero-order valence-electron chi connectivity index (χ0n) is 12.5. The molecule has 1 aromatic heterocycles. The summed E-state index contributed by atoms with van der Waals surface area (Å²) in [4.78, 5) is 4.59. The van der Waals surface area contributed by atoms with Crippen LogP contribution in [-0.4, -0.2) is 18.0 Å². The number of hydrogen-bond acceptors (Lipinski definition) is 3. The van der Waals surface area contributed by atoms with Gasteiger partial charge in [-0.15, -0.1) is 0 Å². The molecular formula is C15H23NO2. The molecule has 0 aromatic carbocycles. The smallest absolute Gasteiger partial charge is 0.254 e. The molecule has 1 aromatic rings. The predicted octanol–water partition coefficient (Wildman–Crippen LogP) is 3.75. The molecule has 1 aliphatic heterocycles. The van der Waals surface area contributed by atoms with E-state index < -0.39 is 0 Å². The minimum atomic E-state index is -0.148. The maximum absolute atomic E-state index is 5.89. The highest BCUT2D eigenvalue weighted by Gasteiger charge is 2.33. The van der Waals surface area contributed by atoms with Crippen LogP contribution in [0.3, 0.4) is 0 Å². The molecule has 18 heavy (non-hydrogen) atoms. The lowest BCUT2D eigenvalue weighted by molar-refractivity contribution is 0.275. The predicted molar refractivity (Wildman–Crippen MR) is 73.5 cm³/mol. The Morgan fingerprint density at radius 2 is 1.78 bits per heavy atom. The van der Waals surface area contributed by atoms with Gasteiger partial charge in [-0.2, -0.15) is 0 Å². The first-order valence-corrected chi connectivity index (χ1v) is 6.45. The van der Waals surface area contributed by atoms with Crippen molar-refractivity contribution in [3.8, 4) is 0 Å². The summed E-state index contributed by atoms with van der Waals surface area (Å²) in [5.41, 5.74) is 2.33. The summed E-state index contributed by atoms with van der Waals surface area (Å²) in [6.07, 6.45) is 0. The SMILES string of the molecule is Cc1oc(C2=NC(C)(C)CO2)c(C)c1C(C)(C)C. The van der Waals surface area contributed by atoms with E-state index in [0.29, 0.717) is 12.5 Å². The van der Waals surface area contributed by atoms with Gasteiger partial charge in [0.25, 0.3) is 5.90 Å². The van der Waals surface area contributed by atoms with E-state index >= 15 is 0 Å². The van der Waals surface area contributed by atoms with Gasteiger partial charge in [-0.25, -0.2) is 4.99 Å². The molecule has 0 N–H and O–H groups in total. The maximum Gasteiger partial charge on any atom is 0.254 e. The summed E-state index contributed by atoms with van der Waals surface area (Å²) in [6.45, 7) is 15.4. The van der Waals surface area contributed by atoms with Crippen LogP contribution < -0.4 is 0 Å². The molecule has 0 amide bonds. The average Bonchev–Trinajstić information content (AvgIpc) is 2.65. The average molecular weight is 249 g/mol. The molecule has 0 atom stereocenters. The molecular weight excluding hydrogens is 226 g/mol. The van der Waals surface area contributed by atoms with Crippen LogP contribution in [-0.2, 0) is 10.2 Å². The topological polar surface area (TPSA) is 34.7 Å². The standard InChI is InChI=1S/C15H23NO2/c1-9-11(14(3,4)5)10(2)18-12(9)13-16-15(6,7)8-17-13/h8H2,1-7H3. The number of hydrogen-bond donors (Lipinski definition) is 0. The summed E-state index contributed by atoms with van der Waals surface area (Å²) in [6, 6.07) is 0. The molecule has 3 nitrogen and oxygen atoms in total. The van der Waals surface area contributed by atoms with Gasteiger partial charge in [0.05, 0.1) is 5.54 Å². The maximum atomic E-state index is 5.89. The van der Waals surface area contributed by atoms with Crippen LogP contribution in [0.1, 0.15) is 57.3 Å². The second-order valence-corrected chi connectivity index (χ2v) is 6.76. The van der Waals surface area contributed by atoms with Crippen molar-refractivity contribution in [2.45, 2.75) is 59.4 Å². The van der Waals surface area contributed by atoms with Gasteiger partial charge in [-0.1, -0.05) is 20.8 Å². The van der Waals surface area contributed by atoms with Crippen molar-refractivity contribution in [1.82, 2.24) is 0 Å². The van der Waals surface area contributed by atoms with E-state index in [2.05, 4.69) is 46.5 Å². The van der Waals surface area contributed by atoms with E-state index in [1.54, 1.807) is 0 Å². The summed E-state index contributed by atoms with van der Waals surface area (Å²) < 4.78 is 11.6. The number of ether oxygens (including phenoxy) is 1. The molecule has 0 saturated carbocycles. The number of furan rings is 1. The van der Waals surface area contributed by atoms with E-state index in [1.807, 2.05) is 6.92 Å². The molecule has 0 fully saturated rings. The van der Waals surface area contributed by atoms with Gasteiger partial charge in [0.1, 0.15) is 12.4 Å². The van der Waals surface area contributed by atoms with Crippen LogP contribution in [0.15, 0.2) is 9.41 Å². The minimum Gasteiger partial charge on any atom is -0.473 e. The molecule has 2 heterocycles. The molecule has 0 saturated heterocycles. The molecule has 0 unspecified atom stereocenters. The van der Waals surface area contributed by atoms with Crippen molar-refractivity contribution in [2.75, 3.05) is 6.61 Å². The lowest BCUT2D eigenvalue weighted by Crippen LogP contribution is -2.17. The monoisotopic (exact) mass is 249 g/mol. The summed E-state index contributed by atoms with van der Waals surface area (Å²) in [5.74, 6) is 2.41. The number of nitrogens with zero attached hydrogens (tertiary/aromatic N) is 1. The number of aryl methyl sites for hydroxylation is 1. The fraction of sp³-hybridized carbons (Fsp3) is 0.667. The van der Waals surface area contributed by atoms with Crippen LogP contribution in [0.4, 0.5) is 0 Å². The highest BCUT2D eigenvalue weighted by atomic mass is 16.5. The third kappa shape index (κ3) is 2.18. The van der Waals surface area contributed by atoms with Gasteiger partial charge in [0, 0.05) is 11.1 Å². The largest absolute Gasteiger partial charge is 0.473 e. The van der Waals surface area contributed by atoms with Crippen LogP contribution in [0.5, 0.6) is 0 Å². The Morgan fingerprint density at radius 1 is 1.17 bits per heavy atom. The summed E-state index contributed by atoms with van der Waals surface area (Å²) >= 11 is 0. The van der Waals surface area contributed by atoms with Crippen molar-refractivity contribution in [3.63, 3.8) is 0 Å². The van der Waals surface area contributed by atoms with Crippen LogP contribution in [0.25, 0.3) is 0 Å². The molecule has 0 bridgehead atoms. The molecule has 3 heteroatoms. The molecule has 0 aliphatic carbocycles. The Kier molecular flexibility index (Phi) is 2.84. The van der Waals surface area contributed by atoms with Crippen LogP contribution >= 0.6 is 0 Å². The molecule has 0 radical (unpaired) electrons. The Morgan fingerprint density at radius 3 is 2.17 bits per heavy atom. The van der Waals surface area contributed by atoms with E-state index in [1.165, 1.54) is 5.56 Å². The zero-order chi connectivity index (χ0) is 13.7. The van der Waals surface area contributed by atoms with Gasteiger partial charge in [-0.3, -0.25) is 0 Å².